The topological polar surface area (TPSA) is 93.7 Å². The Balaban J connectivity index is 1.25. The van der Waals surface area contributed by atoms with Crippen molar-refractivity contribution in [2.45, 2.75) is 51.0 Å². The van der Waals surface area contributed by atoms with Gasteiger partial charge in [0.2, 0.25) is 23.7 Å². The summed E-state index contributed by atoms with van der Waals surface area (Å²) < 4.78 is 10.7. The first-order valence-electron chi connectivity index (χ1n) is 10.5. The molecule has 2 aliphatic heterocycles. The van der Waals surface area contributed by atoms with Crippen LogP contribution in [-0.2, 0) is 9.59 Å². The molecule has 1 aliphatic carbocycles. The Bertz CT molecular complexity index is 956. The Morgan fingerprint density at radius 2 is 1.87 bits per heavy atom. The van der Waals surface area contributed by atoms with E-state index in [1.54, 1.807) is 4.90 Å². The van der Waals surface area contributed by atoms with Gasteiger partial charge in [-0.3, -0.25) is 14.9 Å². The van der Waals surface area contributed by atoms with Gasteiger partial charge in [0.1, 0.15) is 11.0 Å². The number of aromatic nitrogens is 2. The summed E-state index contributed by atoms with van der Waals surface area (Å²) in [5.41, 5.74) is 0.854. The van der Waals surface area contributed by atoms with Crippen LogP contribution in [0.15, 0.2) is 18.2 Å². The molecule has 1 atom stereocenters. The quantitative estimate of drug-likeness (QED) is 0.802. The number of carbonyl (C=O) groups excluding carboxylic acids is 2. The third-order valence-corrected chi connectivity index (χ3v) is 6.96. The molecule has 1 saturated heterocycles. The largest absolute Gasteiger partial charge is 0.454 e. The number of benzene rings is 1. The van der Waals surface area contributed by atoms with Crippen molar-refractivity contribution < 1.29 is 19.1 Å². The first kappa shape index (κ1) is 19.3. The van der Waals surface area contributed by atoms with Gasteiger partial charge < -0.3 is 14.4 Å². The van der Waals surface area contributed by atoms with Gasteiger partial charge in [0.25, 0.3) is 0 Å². The van der Waals surface area contributed by atoms with E-state index in [0.29, 0.717) is 34.6 Å². The second-order valence-corrected chi connectivity index (χ2v) is 8.97. The molecule has 158 valence electrons. The molecule has 1 N–H and O–H groups in total. The third-order valence-electron chi connectivity index (χ3n) is 6.07. The monoisotopic (exact) mass is 428 g/mol. The lowest BCUT2D eigenvalue weighted by atomic mass is 9.88. The summed E-state index contributed by atoms with van der Waals surface area (Å²) in [7, 11) is 0. The molecule has 1 aromatic carbocycles. The van der Waals surface area contributed by atoms with Gasteiger partial charge in [0.05, 0.1) is 0 Å². The van der Waals surface area contributed by atoms with E-state index in [4.69, 9.17) is 9.47 Å². The van der Waals surface area contributed by atoms with Crippen LogP contribution in [0.2, 0.25) is 0 Å². The first-order valence-corrected chi connectivity index (χ1v) is 11.4. The van der Waals surface area contributed by atoms with Crippen molar-refractivity contribution in [3.63, 3.8) is 0 Å². The molecular formula is C21H24N4O4S. The Morgan fingerprint density at radius 3 is 2.73 bits per heavy atom. The highest BCUT2D eigenvalue weighted by atomic mass is 32.1. The smallest absolute Gasteiger partial charge is 0.249 e. The van der Waals surface area contributed by atoms with E-state index in [2.05, 4.69) is 15.5 Å². The number of likely N-dealkylation sites (tertiary alicyclic amines) is 1. The van der Waals surface area contributed by atoms with Crippen LogP contribution in [0.3, 0.4) is 0 Å². The molecule has 1 unspecified atom stereocenters. The van der Waals surface area contributed by atoms with Crippen LogP contribution in [0.5, 0.6) is 11.5 Å². The van der Waals surface area contributed by atoms with Gasteiger partial charge in [-0.1, -0.05) is 30.6 Å². The zero-order valence-electron chi connectivity index (χ0n) is 16.6. The SMILES string of the molecule is O=C(Nc1nnc(-c2ccc3c(c2)OCO3)s1)C1CCCN1C(=O)C1CCCCC1. The molecule has 3 heterocycles. The lowest BCUT2D eigenvalue weighted by Gasteiger charge is -2.29. The Labute approximate surface area is 178 Å². The minimum Gasteiger partial charge on any atom is -0.454 e. The third kappa shape index (κ3) is 3.74. The number of anilines is 1. The average Bonchev–Trinajstić information content (AvgIpc) is 3.53. The number of rotatable bonds is 4. The van der Waals surface area contributed by atoms with Gasteiger partial charge in [-0.05, 0) is 43.9 Å². The van der Waals surface area contributed by atoms with Crippen molar-refractivity contribution in [3.05, 3.63) is 18.2 Å². The molecule has 0 bridgehead atoms. The molecule has 5 rings (SSSR count). The molecule has 9 heteroatoms. The maximum atomic E-state index is 12.9. The number of nitrogens with one attached hydrogen (secondary N) is 1. The minimum absolute atomic E-state index is 0.0753. The lowest BCUT2D eigenvalue weighted by molar-refractivity contribution is -0.141. The maximum Gasteiger partial charge on any atom is 0.249 e. The van der Waals surface area contributed by atoms with Gasteiger partial charge >= 0.3 is 0 Å². The van der Waals surface area contributed by atoms with E-state index in [1.807, 2.05) is 18.2 Å². The van der Waals surface area contributed by atoms with Crippen LogP contribution >= 0.6 is 11.3 Å². The molecule has 2 amide bonds. The van der Waals surface area contributed by atoms with Crippen molar-refractivity contribution in [2.24, 2.45) is 5.92 Å². The number of hydrogen-bond donors (Lipinski definition) is 1. The second kappa shape index (κ2) is 8.22. The number of hydrogen-bond acceptors (Lipinski definition) is 7. The summed E-state index contributed by atoms with van der Waals surface area (Å²) in [6.07, 6.45) is 6.85. The molecule has 1 aromatic heterocycles. The molecule has 30 heavy (non-hydrogen) atoms. The summed E-state index contributed by atoms with van der Waals surface area (Å²) in [6, 6.07) is 5.17. The second-order valence-electron chi connectivity index (χ2n) is 7.99. The number of ether oxygens (including phenoxy) is 2. The van der Waals surface area contributed by atoms with E-state index in [1.165, 1.54) is 17.8 Å². The van der Waals surface area contributed by atoms with E-state index >= 15 is 0 Å². The Hall–Kier alpha value is -2.68. The molecule has 2 aromatic rings. The fraction of sp³-hybridized carbons (Fsp3) is 0.524. The van der Waals surface area contributed by atoms with E-state index in [-0.39, 0.29) is 24.5 Å². The van der Waals surface area contributed by atoms with Crippen LogP contribution in [0.4, 0.5) is 5.13 Å². The molecule has 8 nitrogen and oxygen atoms in total. The van der Waals surface area contributed by atoms with Crippen molar-refractivity contribution in [2.75, 3.05) is 18.7 Å². The Morgan fingerprint density at radius 1 is 1.03 bits per heavy atom. The molecule has 3 aliphatic rings. The van der Waals surface area contributed by atoms with Crippen molar-refractivity contribution >= 4 is 28.3 Å². The normalized spacial score (nSPS) is 21.1. The van der Waals surface area contributed by atoms with Crippen LogP contribution < -0.4 is 14.8 Å². The summed E-state index contributed by atoms with van der Waals surface area (Å²) >= 11 is 1.30. The molecule has 0 spiro atoms. The molecule has 0 radical (unpaired) electrons. The predicted octanol–water partition coefficient (Wildman–Crippen LogP) is 3.44. The fourth-order valence-corrected chi connectivity index (χ4v) is 5.24. The lowest BCUT2D eigenvalue weighted by Crippen LogP contribution is -2.46. The van der Waals surface area contributed by atoms with Crippen LogP contribution in [0.1, 0.15) is 44.9 Å². The van der Waals surface area contributed by atoms with E-state index < -0.39 is 6.04 Å². The predicted molar refractivity (Wildman–Crippen MR) is 111 cm³/mol. The van der Waals surface area contributed by atoms with Crippen molar-refractivity contribution in [1.82, 2.24) is 15.1 Å². The van der Waals surface area contributed by atoms with Gasteiger partial charge in [0, 0.05) is 18.0 Å². The minimum atomic E-state index is -0.419. The zero-order valence-corrected chi connectivity index (χ0v) is 17.5. The summed E-state index contributed by atoms with van der Waals surface area (Å²) in [6.45, 7) is 0.875. The standard InChI is InChI=1S/C21H24N4O4S/c26-18(15-7-4-10-25(15)20(27)13-5-2-1-3-6-13)22-21-24-23-19(30-21)14-8-9-16-17(11-14)29-12-28-16/h8-9,11,13,15H,1-7,10,12H2,(H,22,24,26). The summed E-state index contributed by atoms with van der Waals surface area (Å²) in [4.78, 5) is 27.6. The fourth-order valence-electron chi connectivity index (χ4n) is 4.50. The highest BCUT2D eigenvalue weighted by Gasteiger charge is 2.37. The van der Waals surface area contributed by atoms with Crippen LogP contribution in [-0.4, -0.2) is 46.3 Å². The average molecular weight is 429 g/mol. The first-order chi connectivity index (χ1) is 14.7. The number of amides is 2. The van der Waals surface area contributed by atoms with Crippen molar-refractivity contribution in [3.8, 4) is 22.1 Å². The number of carbonyl (C=O) groups is 2. The maximum absolute atomic E-state index is 12.9. The summed E-state index contributed by atoms with van der Waals surface area (Å²) in [5.74, 6) is 1.43. The molecule has 2 fully saturated rings. The van der Waals surface area contributed by atoms with Gasteiger partial charge in [-0.2, -0.15) is 0 Å². The van der Waals surface area contributed by atoms with Gasteiger partial charge in [-0.15, -0.1) is 10.2 Å². The van der Waals surface area contributed by atoms with Crippen LogP contribution in [0, 0.1) is 5.92 Å². The van der Waals surface area contributed by atoms with E-state index in [0.717, 1.165) is 37.7 Å². The Kier molecular flexibility index (Phi) is 5.28. The highest BCUT2D eigenvalue weighted by molar-refractivity contribution is 7.18. The molecule has 1 saturated carbocycles. The van der Waals surface area contributed by atoms with E-state index in [9.17, 15) is 9.59 Å². The van der Waals surface area contributed by atoms with Crippen LogP contribution in [0.25, 0.3) is 10.6 Å². The summed E-state index contributed by atoms with van der Waals surface area (Å²) in [5, 5.41) is 12.3. The van der Waals surface area contributed by atoms with Gasteiger partial charge in [0.15, 0.2) is 11.5 Å². The van der Waals surface area contributed by atoms with Gasteiger partial charge in [-0.25, -0.2) is 0 Å². The number of nitrogens with zero attached hydrogens (tertiary/aromatic N) is 3. The number of fused-ring (bicyclic) bond motifs is 1. The zero-order chi connectivity index (χ0) is 20.5. The highest BCUT2D eigenvalue weighted by Crippen LogP contribution is 2.37. The van der Waals surface area contributed by atoms with Crippen molar-refractivity contribution in [1.29, 1.82) is 0 Å². The molecular weight excluding hydrogens is 404 g/mol.